The minimum absolute atomic E-state index is 0.318. The molecule has 0 amide bonds. The Morgan fingerprint density at radius 3 is 2.44 bits per heavy atom. The highest BCUT2D eigenvalue weighted by molar-refractivity contribution is 4.76. The second-order valence-electron chi connectivity index (χ2n) is 5.32. The Morgan fingerprint density at radius 2 is 1.94 bits per heavy atom. The average molecular weight is 230 g/mol. The van der Waals surface area contributed by atoms with Crippen LogP contribution in [0, 0.1) is 0 Å². The van der Waals surface area contributed by atoms with Crippen molar-refractivity contribution in [1.82, 2.24) is 4.90 Å². The molecule has 16 heavy (non-hydrogen) atoms. The maximum atomic E-state index is 9.79. The lowest BCUT2D eigenvalue weighted by molar-refractivity contribution is -0.0693. The highest BCUT2D eigenvalue weighted by Gasteiger charge is 2.23. The molecule has 0 aliphatic carbocycles. The van der Waals surface area contributed by atoms with Crippen LogP contribution in [0.25, 0.3) is 0 Å². The summed E-state index contributed by atoms with van der Waals surface area (Å²) >= 11 is 0. The third-order valence-corrected chi connectivity index (χ3v) is 3.12. The molecule has 0 radical (unpaired) electrons. The summed E-state index contributed by atoms with van der Waals surface area (Å²) in [4.78, 5) is 2.41. The van der Waals surface area contributed by atoms with E-state index >= 15 is 0 Å². The molecule has 3 N–H and O–H groups in total. The first-order valence-electron chi connectivity index (χ1n) is 6.23. The predicted molar refractivity (Wildman–Crippen MR) is 65.4 cm³/mol. The lowest BCUT2D eigenvalue weighted by Crippen LogP contribution is -2.46. The van der Waals surface area contributed by atoms with Gasteiger partial charge in [-0.05, 0) is 40.2 Å². The zero-order valence-electron chi connectivity index (χ0n) is 10.8. The van der Waals surface area contributed by atoms with Crippen molar-refractivity contribution in [2.24, 2.45) is 5.73 Å². The van der Waals surface area contributed by atoms with E-state index in [1.54, 1.807) is 6.92 Å². The van der Waals surface area contributed by atoms with Crippen LogP contribution in [0.5, 0.6) is 0 Å². The second-order valence-corrected chi connectivity index (χ2v) is 5.32. The van der Waals surface area contributed by atoms with Gasteiger partial charge >= 0.3 is 0 Å². The molecule has 1 aliphatic heterocycles. The minimum Gasteiger partial charge on any atom is -0.389 e. The van der Waals surface area contributed by atoms with Crippen LogP contribution in [0.2, 0.25) is 0 Å². The summed E-state index contributed by atoms with van der Waals surface area (Å²) in [5.41, 5.74) is 4.78. The number of hydrogen-bond donors (Lipinski definition) is 2. The van der Waals surface area contributed by atoms with Crippen LogP contribution in [0.15, 0.2) is 0 Å². The maximum absolute atomic E-state index is 9.79. The van der Waals surface area contributed by atoms with Gasteiger partial charge in [0.05, 0.1) is 17.8 Å². The molecule has 4 heteroatoms. The van der Waals surface area contributed by atoms with E-state index in [0.717, 1.165) is 32.5 Å². The van der Waals surface area contributed by atoms with Gasteiger partial charge in [0.15, 0.2) is 0 Å². The first-order valence-corrected chi connectivity index (χ1v) is 6.23. The Bertz CT molecular complexity index is 199. The molecule has 0 aromatic carbocycles. The topological polar surface area (TPSA) is 58.7 Å². The molecule has 0 bridgehead atoms. The lowest BCUT2D eigenvalue weighted by Gasteiger charge is -2.35. The van der Waals surface area contributed by atoms with Crippen molar-refractivity contribution < 1.29 is 9.84 Å². The fourth-order valence-corrected chi connectivity index (χ4v) is 2.25. The number of aliphatic hydroxyl groups is 1. The SMILES string of the molecule is CC1CN(CCCC(C)(O)CN)CC(C)O1. The van der Waals surface area contributed by atoms with E-state index in [-0.39, 0.29) is 0 Å². The van der Waals surface area contributed by atoms with Crippen molar-refractivity contribution in [3.05, 3.63) is 0 Å². The number of rotatable bonds is 5. The number of hydrogen-bond acceptors (Lipinski definition) is 4. The minimum atomic E-state index is -0.705. The Hall–Kier alpha value is -0.160. The van der Waals surface area contributed by atoms with E-state index < -0.39 is 5.60 Å². The Labute approximate surface area is 98.8 Å². The van der Waals surface area contributed by atoms with E-state index in [1.807, 2.05) is 0 Å². The van der Waals surface area contributed by atoms with Crippen LogP contribution in [0.4, 0.5) is 0 Å². The van der Waals surface area contributed by atoms with Gasteiger partial charge in [-0.1, -0.05) is 0 Å². The number of ether oxygens (including phenoxy) is 1. The molecule has 4 nitrogen and oxygen atoms in total. The summed E-state index contributed by atoms with van der Waals surface area (Å²) in [6.45, 7) is 9.37. The van der Waals surface area contributed by atoms with Crippen molar-refractivity contribution in [3.63, 3.8) is 0 Å². The zero-order valence-corrected chi connectivity index (χ0v) is 10.8. The quantitative estimate of drug-likeness (QED) is 0.725. The Balaban J connectivity index is 2.22. The molecule has 0 aromatic heterocycles. The molecule has 1 rings (SSSR count). The lowest BCUT2D eigenvalue weighted by atomic mass is 10.0. The first-order chi connectivity index (χ1) is 7.43. The Morgan fingerprint density at radius 1 is 1.38 bits per heavy atom. The van der Waals surface area contributed by atoms with E-state index in [1.165, 1.54) is 0 Å². The van der Waals surface area contributed by atoms with Crippen molar-refractivity contribution in [3.8, 4) is 0 Å². The van der Waals surface area contributed by atoms with Crippen LogP contribution >= 0.6 is 0 Å². The van der Waals surface area contributed by atoms with Crippen LogP contribution in [0.1, 0.15) is 33.6 Å². The van der Waals surface area contributed by atoms with E-state index in [9.17, 15) is 5.11 Å². The molecule has 96 valence electrons. The maximum Gasteiger partial charge on any atom is 0.0741 e. The molecule has 1 fully saturated rings. The van der Waals surface area contributed by atoms with Gasteiger partial charge in [0, 0.05) is 19.6 Å². The highest BCUT2D eigenvalue weighted by Crippen LogP contribution is 2.14. The van der Waals surface area contributed by atoms with Crippen molar-refractivity contribution in [2.45, 2.75) is 51.4 Å². The van der Waals surface area contributed by atoms with Gasteiger partial charge in [-0.2, -0.15) is 0 Å². The van der Waals surface area contributed by atoms with E-state index in [0.29, 0.717) is 18.8 Å². The van der Waals surface area contributed by atoms with Gasteiger partial charge in [0.2, 0.25) is 0 Å². The second kappa shape index (κ2) is 5.96. The molecule has 0 spiro atoms. The van der Waals surface area contributed by atoms with Gasteiger partial charge in [-0.3, -0.25) is 4.90 Å². The smallest absolute Gasteiger partial charge is 0.0741 e. The van der Waals surface area contributed by atoms with Crippen molar-refractivity contribution >= 4 is 0 Å². The number of morpholine rings is 1. The normalized spacial score (nSPS) is 31.3. The molecule has 1 aliphatic rings. The van der Waals surface area contributed by atoms with Gasteiger partial charge in [0.1, 0.15) is 0 Å². The molecule has 0 saturated carbocycles. The summed E-state index contributed by atoms with van der Waals surface area (Å²) in [5.74, 6) is 0. The molecule has 1 saturated heterocycles. The third-order valence-electron chi connectivity index (χ3n) is 3.12. The summed E-state index contributed by atoms with van der Waals surface area (Å²) in [6, 6.07) is 0. The zero-order chi connectivity index (χ0) is 12.2. The van der Waals surface area contributed by atoms with Crippen LogP contribution in [-0.4, -0.2) is 54.0 Å². The highest BCUT2D eigenvalue weighted by atomic mass is 16.5. The monoisotopic (exact) mass is 230 g/mol. The van der Waals surface area contributed by atoms with Crippen LogP contribution < -0.4 is 5.73 Å². The third kappa shape index (κ3) is 4.78. The molecular formula is C12H26N2O2. The molecule has 1 heterocycles. The van der Waals surface area contributed by atoms with E-state index in [2.05, 4.69) is 18.7 Å². The molecule has 0 aromatic rings. The van der Waals surface area contributed by atoms with Crippen molar-refractivity contribution in [2.75, 3.05) is 26.2 Å². The fraction of sp³-hybridized carbons (Fsp3) is 1.00. The largest absolute Gasteiger partial charge is 0.389 e. The Kier molecular flexibility index (Phi) is 5.18. The summed E-state index contributed by atoms with van der Waals surface area (Å²) in [5, 5.41) is 9.79. The fourth-order valence-electron chi connectivity index (χ4n) is 2.25. The van der Waals surface area contributed by atoms with Gasteiger partial charge in [-0.25, -0.2) is 0 Å². The van der Waals surface area contributed by atoms with E-state index in [4.69, 9.17) is 10.5 Å². The van der Waals surface area contributed by atoms with Crippen LogP contribution in [-0.2, 0) is 4.74 Å². The van der Waals surface area contributed by atoms with Crippen LogP contribution in [0.3, 0.4) is 0 Å². The summed E-state index contributed by atoms with van der Waals surface area (Å²) in [7, 11) is 0. The van der Waals surface area contributed by atoms with Gasteiger partial charge < -0.3 is 15.6 Å². The summed E-state index contributed by atoms with van der Waals surface area (Å²) in [6.07, 6.45) is 2.39. The van der Waals surface area contributed by atoms with Gasteiger partial charge in [0.25, 0.3) is 0 Å². The first kappa shape index (κ1) is 13.9. The van der Waals surface area contributed by atoms with Gasteiger partial charge in [-0.15, -0.1) is 0 Å². The molecule has 3 unspecified atom stereocenters. The predicted octanol–water partition coefficient (Wildman–Crippen LogP) is 0.586. The van der Waals surface area contributed by atoms with Crippen molar-refractivity contribution in [1.29, 1.82) is 0 Å². The average Bonchev–Trinajstić information content (AvgIpc) is 2.16. The standard InChI is InChI=1S/C12H26N2O2/c1-10-7-14(8-11(2)16-10)6-4-5-12(3,15)9-13/h10-11,15H,4-9,13H2,1-3H3. The number of nitrogens with two attached hydrogens (primary N) is 1. The number of nitrogens with zero attached hydrogens (tertiary/aromatic N) is 1. The molecule has 3 atom stereocenters. The molecular weight excluding hydrogens is 204 g/mol. The summed E-state index contributed by atoms with van der Waals surface area (Å²) < 4.78 is 5.67.